The van der Waals surface area contributed by atoms with Crippen LogP contribution in [0.5, 0.6) is 0 Å². The van der Waals surface area contributed by atoms with Crippen molar-refractivity contribution in [1.82, 2.24) is 4.72 Å². The van der Waals surface area contributed by atoms with Crippen molar-refractivity contribution in [1.29, 1.82) is 0 Å². The van der Waals surface area contributed by atoms with Crippen LogP contribution in [0.1, 0.15) is 12.8 Å². The number of aliphatic carboxylic acids is 1. The topological polar surface area (TPSA) is 127 Å². The van der Waals surface area contributed by atoms with Gasteiger partial charge in [0.2, 0.25) is 15.9 Å². The van der Waals surface area contributed by atoms with Crippen LogP contribution in [0.3, 0.4) is 0 Å². The minimum absolute atomic E-state index is 0.364. The van der Waals surface area contributed by atoms with Gasteiger partial charge in [-0.3, -0.25) is 9.59 Å². The van der Waals surface area contributed by atoms with E-state index in [2.05, 4.69) is 0 Å². The molecule has 0 unspecified atom stereocenters. The number of nitrogens with two attached hydrogens (primary N) is 1. The second kappa shape index (κ2) is 6.59. The summed E-state index contributed by atoms with van der Waals surface area (Å²) in [7, 11) is -4.46. The number of carboxylic acid groups (broad SMARTS) is 1. The molecule has 0 spiro atoms. The maximum atomic E-state index is 13.0. The summed E-state index contributed by atoms with van der Waals surface area (Å²) in [5, 5.41) is 8.88. The van der Waals surface area contributed by atoms with Gasteiger partial charge in [-0.25, -0.2) is 17.2 Å². The molecular formula is C11H12F2N2O5S. The number of benzene rings is 1. The molecule has 1 atom stereocenters. The lowest BCUT2D eigenvalue weighted by Gasteiger charge is -2.14. The quantitative estimate of drug-likeness (QED) is 0.649. The predicted molar refractivity (Wildman–Crippen MR) is 66.5 cm³/mol. The number of rotatable bonds is 7. The van der Waals surface area contributed by atoms with E-state index in [-0.39, 0.29) is 12.8 Å². The van der Waals surface area contributed by atoms with Crippen LogP contribution in [0.25, 0.3) is 0 Å². The number of halogens is 2. The van der Waals surface area contributed by atoms with E-state index in [1.807, 2.05) is 0 Å². The maximum absolute atomic E-state index is 13.0. The van der Waals surface area contributed by atoms with Gasteiger partial charge >= 0.3 is 5.97 Å². The van der Waals surface area contributed by atoms with Gasteiger partial charge < -0.3 is 10.8 Å². The highest BCUT2D eigenvalue weighted by molar-refractivity contribution is 7.89. The summed E-state index contributed by atoms with van der Waals surface area (Å²) in [5.41, 5.74) is 4.85. The minimum Gasteiger partial charge on any atom is -0.480 e. The van der Waals surface area contributed by atoms with E-state index in [0.29, 0.717) is 18.2 Å². The number of amides is 1. The SMILES string of the molecule is NC(=O)CC[C@H](NS(=O)(=O)c1cc(F)cc(F)c1)C(=O)O. The van der Waals surface area contributed by atoms with Gasteiger partial charge in [0.1, 0.15) is 17.7 Å². The first kappa shape index (κ1) is 17.0. The predicted octanol–water partition coefficient (Wildman–Crippen LogP) is -0.0382. The Morgan fingerprint density at radius 2 is 1.76 bits per heavy atom. The average molecular weight is 322 g/mol. The van der Waals surface area contributed by atoms with Gasteiger partial charge in [0.15, 0.2) is 0 Å². The number of carbonyl (C=O) groups is 2. The summed E-state index contributed by atoms with van der Waals surface area (Å²) in [4.78, 5) is 20.8. The Balaban J connectivity index is 3.00. The molecule has 4 N–H and O–H groups in total. The standard InChI is InChI=1S/C11H12F2N2O5S/c12-6-3-7(13)5-8(4-6)21(19,20)15-9(11(17)18)1-2-10(14)16/h3-5,9,15H,1-2H2,(H2,14,16)(H,17,18)/t9-/m0/s1. The van der Waals surface area contributed by atoms with Crippen LogP contribution in [0.15, 0.2) is 23.1 Å². The third-order valence-electron chi connectivity index (χ3n) is 2.42. The zero-order valence-electron chi connectivity index (χ0n) is 10.5. The number of sulfonamides is 1. The molecule has 116 valence electrons. The molecule has 0 heterocycles. The summed E-state index contributed by atoms with van der Waals surface area (Å²) >= 11 is 0. The van der Waals surface area contributed by atoms with Crippen LogP contribution in [-0.4, -0.2) is 31.4 Å². The lowest BCUT2D eigenvalue weighted by atomic mass is 10.2. The molecule has 1 aromatic carbocycles. The van der Waals surface area contributed by atoms with E-state index in [1.54, 1.807) is 4.72 Å². The largest absolute Gasteiger partial charge is 0.480 e. The smallest absolute Gasteiger partial charge is 0.321 e. The lowest BCUT2D eigenvalue weighted by molar-refractivity contribution is -0.139. The van der Waals surface area contributed by atoms with Crippen LogP contribution < -0.4 is 10.5 Å². The molecule has 10 heteroatoms. The van der Waals surface area contributed by atoms with Crippen molar-refractivity contribution in [3.05, 3.63) is 29.8 Å². The molecule has 21 heavy (non-hydrogen) atoms. The van der Waals surface area contributed by atoms with Gasteiger partial charge in [0, 0.05) is 12.5 Å². The van der Waals surface area contributed by atoms with Crippen molar-refractivity contribution in [2.75, 3.05) is 0 Å². The van der Waals surface area contributed by atoms with E-state index >= 15 is 0 Å². The number of carboxylic acids is 1. The highest BCUT2D eigenvalue weighted by Gasteiger charge is 2.26. The molecule has 0 aliphatic rings. The van der Waals surface area contributed by atoms with Crippen LogP contribution in [0, 0.1) is 11.6 Å². The van der Waals surface area contributed by atoms with E-state index in [0.717, 1.165) is 0 Å². The molecule has 1 amide bonds. The van der Waals surface area contributed by atoms with Crippen molar-refractivity contribution < 1.29 is 31.9 Å². The molecule has 0 aliphatic heterocycles. The zero-order chi connectivity index (χ0) is 16.2. The Morgan fingerprint density at radius 3 is 2.19 bits per heavy atom. The van der Waals surface area contributed by atoms with E-state index in [4.69, 9.17) is 10.8 Å². The fourth-order valence-corrected chi connectivity index (χ4v) is 2.72. The molecule has 1 rings (SSSR count). The van der Waals surface area contributed by atoms with Gasteiger partial charge in [0.25, 0.3) is 0 Å². The molecule has 7 nitrogen and oxygen atoms in total. The third-order valence-corrected chi connectivity index (χ3v) is 3.87. The Morgan fingerprint density at radius 1 is 1.24 bits per heavy atom. The van der Waals surface area contributed by atoms with Crippen molar-refractivity contribution in [3.8, 4) is 0 Å². The molecule has 0 aliphatic carbocycles. The van der Waals surface area contributed by atoms with E-state index < -0.39 is 44.5 Å². The molecule has 0 bridgehead atoms. The van der Waals surface area contributed by atoms with Gasteiger partial charge in [0.05, 0.1) is 4.90 Å². The highest BCUT2D eigenvalue weighted by Crippen LogP contribution is 2.14. The van der Waals surface area contributed by atoms with Gasteiger partial charge in [-0.1, -0.05) is 0 Å². The molecule has 0 saturated heterocycles. The van der Waals surface area contributed by atoms with Crippen LogP contribution in [0.2, 0.25) is 0 Å². The van der Waals surface area contributed by atoms with Crippen molar-refractivity contribution in [3.63, 3.8) is 0 Å². The first-order valence-electron chi connectivity index (χ1n) is 5.61. The number of hydrogen-bond donors (Lipinski definition) is 3. The fourth-order valence-electron chi connectivity index (χ4n) is 1.46. The Kier molecular flexibility index (Phi) is 5.33. The molecule has 1 aromatic rings. The maximum Gasteiger partial charge on any atom is 0.321 e. The fraction of sp³-hybridized carbons (Fsp3) is 0.273. The third kappa shape index (κ3) is 5.08. The number of primary amides is 1. The molecular weight excluding hydrogens is 310 g/mol. The first-order valence-corrected chi connectivity index (χ1v) is 7.09. The Bertz CT molecular complexity index is 642. The van der Waals surface area contributed by atoms with E-state index in [1.165, 1.54) is 0 Å². The molecule has 0 aromatic heterocycles. The zero-order valence-corrected chi connectivity index (χ0v) is 11.4. The number of hydrogen-bond acceptors (Lipinski definition) is 4. The number of carbonyl (C=O) groups excluding carboxylic acids is 1. The average Bonchev–Trinajstić information content (AvgIpc) is 2.32. The monoisotopic (exact) mass is 322 g/mol. The van der Waals surface area contributed by atoms with Gasteiger partial charge in [-0.05, 0) is 18.6 Å². The number of nitrogens with one attached hydrogen (secondary N) is 1. The van der Waals surface area contributed by atoms with Crippen molar-refractivity contribution in [2.24, 2.45) is 5.73 Å². The Labute approximate surface area is 118 Å². The minimum atomic E-state index is -4.46. The van der Waals surface area contributed by atoms with Gasteiger partial charge in [-0.2, -0.15) is 4.72 Å². The normalized spacial score (nSPS) is 12.9. The van der Waals surface area contributed by atoms with Gasteiger partial charge in [-0.15, -0.1) is 0 Å². The lowest BCUT2D eigenvalue weighted by Crippen LogP contribution is -2.41. The molecule has 0 radical (unpaired) electrons. The van der Waals surface area contributed by atoms with Crippen LogP contribution >= 0.6 is 0 Å². The molecule has 0 fully saturated rings. The summed E-state index contributed by atoms with van der Waals surface area (Å²) in [5.74, 6) is -4.60. The second-order valence-electron chi connectivity index (χ2n) is 4.12. The highest BCUT2D eigenvalue weighted by atomic mass is 32.2. The summed E-state index contributed by atoms with van der Waals surface area (Å²) < 4.78 is 51.5. The van der Waals surface area contributed by atoms with E-state index in [9.17, 15) is 26.8 Å². The van der Waals surface area contributed by atoms with Crippen LogP contribution in [-0.2, 0) is 19.6 Å². The van der Waals surface area contributed by atoms with Crippen molar-refractivity contribution in [2.45, 2.75) is 23.8 Å². The first-order chi connectivity index (χ1) is 9.61. The molecule has 0 saturated carbocycles. The summed E-state index contributed by atoms with van der Waals surface area (Å²) in [6, 6.07) is -0.0914. The Hall–Kier alpha value is -2.07. The second-order valence-corrected chi connectivity index (χ2v) is 5.84. The van der Waals surface area contributed by atoms with Crippen molar-refractivity contribution >= 4 is 21.9 Å². The van der Waals surface area contributed by atoms with Crippen LogP contribution in [0.4, 0.5) is 8.78 Å². The summed E-state index contributed by atoms with van der Waals surface area (Å²) in [6.45, 7) is 0. The summed E-state index contributed by atoms with van der Waals surface area (Å²) in [6.07, 6.45) is -0.751.